The molecule has 4 aromatic carbocycles. The van der Waals surface area contributed by atoms with Crippen molar-refractivity contribution < 1.29 is 43.5 Å². The number of primary amides is 1. The summed E-state index contributed by atoms with van der Waals surface area (Å²) in [6, 6.07) is 37.0. The van der Waals surface area contributed by atoms with Crippen LogP contribution in [-0.2, 0) is 44.9 Å². The van der Waals surface area contributed by atoms with E-state index in [1.807, 2.05) is 133 Å². The minimum atomic E-state index is -0.858. The molecule has 0 atom stereocenters. The van der Waals surface area contributed by atoms with Crippen LogP contribution >= 0.6 is 0 Å². The predicted molar refractivity (Wildman–Crippen MR) is 510 cm³/mol. The molecule has 0 unspecified atom stereocenters. The third-order valence-electron chi connectivity index (χ3n) is 25.0. The molecule has 4 fully saturated rings. The molecule has 16 rings (SSSR count). The number of pyridine rings is 4. The van der Waals surface area contributed by atoms with Crippen molar-refractivity contribution >= 4 is 114 Å². The van der Waals surface area contributed by atoms with Crippen molar-refractivity contribution in [3.8, 4) is 22.7 Å². The highest BCUT2D eigenvalue weighted by Crippen LogP contribution is 2.37. The Hall–Kier alpha value is -14.0. The SMILES string of the molecule is [C-]#[N+]c1ccc(-n2c(C)c(C(=O)CN3CCCCC3)c3ncc(CC(=O)N(C)CC)cc32)cc1.[C-]#[N+]c1ccc(-n2c(C)c(C(=O)CN3CCCCC3)c3ncc(CC(=O)NCC)cc32)cc1.[C-]#[N+]c1ccc(-n2c(C)c(C(=O)CN3CCCCC3)c3ncc(CCC(=O)O)cc32)cc1.[C-]#[N+]c1ccc(-n2c(C)c(C(=O)CN3CCCCC3)c3ncc(CCC(N)=O)cc32)cc1. The van der Waals surface area contributed by atoms with Crippen molar-refractivity contribution in [2.24, 2.45) is 5.73 Å². The Balaban J connectivity index is 0.000000149. The van der Waals surface area contributed by atoms with Gasteiger partial charge in [-0.3, -0.25) is 77.9 Å². The number of Topliss-reactive ketones (excluding diaryl/α,β-unsaturated/α-hetero) is 4. The van der Waals surface area contributed by atoms with Gasteiger partial charge in [-0.15, -0.1) is 0 Å². The van der Waals surface area contributed by atoms with Crippen LogP contribution in [0, 0.1) is 54.0 Å². The molecule has 12 aromatic rings. The molecule has 0 saturated carbocycles. The van der Waals surface area contributed by atoms with Gasteiger partial charge in [0.25, 0.3) is 0 Å². The highest BCUT2D eigenvalue weighted by Gasteiger charge is 2.31. The van der Waals surface area contributed by atoms with Crippen molar-refractivity contribution in [3.05, 3.63) is 259 Å². The summed E-state index contributed by atoms with van der Waals surface area (Å²) in [4.78, 5) is 144. The molecule has 4 saturated heterocycles. The summed E-state index contributed by atoms with van der Waals surface area (Å²) in [5, 5.41) is 11.9. The minimum Gasteiger partial charge on any atom is -0.481 e. The lowest BCUT2D eigenvalue weighted by molar-refractivity contribution is -0.137. The summed E-state index contributed by atoms with van der Waals surface area (Å²) in [7, 11) is 1.79. The van der Waals surface area contributed by atoms with Crippen molar-refractivity contribution in [2.75, 3.05) is 98.7 Å². The topological polar surface area (TPSA) is 300 Å². The van der Waals surface area contributed by atoms with Crippen molar-refractivity contribution in [1.82, 2.24) is 68.0 Å². The van der Waals surface area contributed by atoms with Crippen LogP contribution in [0.15, 0.2) is 146 Å². The summed E-state index contributed by atoms with van der Waals surface area (Å²) in [5.74, 6) is -0.979. The number of rotatable bonds is 28. The first-order chi connectivity index (χ1) is 63.4. The van der Waals surface area contributed by atoms with E-state index in [9.17, 15) is 38.4 Å². The fourth-order valence-electron chi connectivity index (χ4n) is 18.2. The monoisotopic (exact) mass is 1760 g/mol. The number of fused-ring (bicyclic) bond motifs is 4. The zero-order chi connectivity index (χ0) is 92.9. The first-order valence-corrected chi connectivity index (χ1v) is 45.3. The first-order valence-electron chi connectivity index (χ1n) is 45.3. The lowest BCUT2D eigenvalue weighted by atomic mass is 10.1. The van der Waals surface area contributed by atoms with Crippen LogP contribution in [-0.4, -0.2) is 213 Å². The maximum absolute atomic E-state index is 13.5. The molecule has 0 bridgehead atoms. The number of carbonyl (C=O) groups excluding carboxylic acids is 7. The number of nitrogens with two attached hydrogens (primary N) is 1. The van der Waals surface area contributed by atoms with Crippen LogP contribution in [0.1, 0.15) is 190 Å². The number of aliphatic carboxylic acids is 1. The van der Waals surface area contributed by atoms with Gasteiger partial charge in [-0.1, -0.05) is 74.2 Å². The number of benzene rings is 4. The van der Waals surface area contributed by atoms with Gasteiger partial charge in [-0.05, 0) is 253 Å². The van der Waals surface area contributed by atoms with E-state index >= 15 is 0 Å². The Bertz CT molecular complexity index is 6210. The number of piperidine rings is 4. The second kappa shape index (κ2) is 44.3. The summed E-state index contributed by atoms with van der Waals surface area (Å²) in [6.07, 6.45) is 22.3. The van der Waals surface area contributed by atoms with Gasteiger partial charge in [0.05, 0.1) is 132 Å². The van der Waals surface area contributed by atoms with Crippen LogP contribution in [0.25, 0.3) is 86.3 Å². The minimum absolute atomic E-state index is 0.0212. The molecule has 8 aromatic heterocycles. The number of likely N-dealkylation sites (tertiary alicyclic amines) is 4. The van der Waals surface area contributed by atoms with Crippen molar-refractivity contribution in [2.45, 2.75) is 157 Å². The molecular weight excluding hydrogens is 1650 g/mol. The summed E-state index contributed by atoms with van der Waals surface area (Å²) in [6.45, 7) is 50.8. The number of likely N-dealkylation sites (N-methyl/N-ethyl adjacent to an activating group) is 2. The van der Waals surface area contributed by atoms with Gasteiger partial charge in [0.15, 0.2) is 45.9 Å². The number of nitrogens with one attached hydrogen (secondary N) is 1. The van der Waals surface area contributed by atoms with Crippen LogP contribution in [0.4, 0.5) is 22.7 Å². The molecule has 28 heteroatoms. The van der Waals surface area contributed by atoms with Crippen LogP contribution in [0.2, 0.25) is 0 Å². The van der Waals surface area contributed by atoms with Crippen LogP contribution in [0.5, 0.6) is 0 Å². The smallest absolute Gasteiger partial charge is 0.303 e. The lowest BCUT2D eigenvalue weighted by Crippen LogP contribution is -2.34. The molecule has 4 aliphatic rings. The van der Waals surface area contributed by atoms with E-state index in [-0.39, 0.29) is 66.5 Å². The zero-order valence-corrected chi connectivity index (χ0v) is 75.9. The molecule has 131 heavy (non-hydrogen) atoms. The van der Waals surface area contributed by atoms with Gasteiger partial charge in [0.1, 0.15) is 0 Å². The largest absolute Gasteiger partial charge is 0.481 e. The Labute approximate surface area is 764 Å². The Morgan fingerprint density at radius 3 is 0.901 bits per heavy atom. The van der Waals surface area contributed by atoms with Gasteiger partial charge in [0.2, 0.25) is 17.7 Å². The van der Waals surface area contributed by atoms with Crippen molar-refractivity contribution in [3.63, 3.8) is 0 Å². The quantitative estimate of drug-likeness (QED) is 0.0303. The average molecular weight is 1760 g/mol. The molecule has 4 N–H and O–H groups in total. The standard InChI is InChI=1S/C27H31N5O2.C26H29N5O2.C25H27N5O2.C25H26N4O3/c1-5-30(4)25(34)16-20-15-23-27(29-17-20)26(24(33)18-31-13-7-6-8-14-31)19(2)32(23)22-11-9-21(28-3)10-12-22;1-4-28-24(33)15-19-14-22-26(29-16-19)25(23(32)17-30-12-6-5-7-13-30)18(2)31(22)21-10-8-20(27-3)9-11-21;1-17-24(22(31)16-29-12-4-3-5-13-29)25-21(14-18(15-28-25)6-11-23(26)32)30(17)20-9-7-19(27-2)8-10-20;1-17-24(22(30)16-28-12-4-3-5-13-28)25-21(14-18(15-27-25)6-11-23(31)32)29(17)20-9-7-19(26-2)8-10-20/h9-12,15,17H,5-8,13-14,16,18H2,1-2,4H3;8-11,14,16H,4-7,12-13,15,17H2,1-2H3,(H,28,33);7-10,14-15H,3-6,11-13,16H2,1H3,(H2,26,32);7-10,14-15H,3-6,11-13,16H2,1H3,(H,31,32). The molecule has 0 spiro atoms. The molecule has 674 valence electrons. The summed E-state index contributed by atoms with van der Waals surface area (Å²) >= 11 is 0. The molecule has 0 radical (unpaired) electrons. The van der Waals surface area contributed by atoms with Gasteiger partial charge in [0, 0.05) is 103 Å². The van der Waals surface area contributed by atoms with E-state index in [4.69, 9.17) is 42.1 Å². The number of nitrogens with zero attached hydrogens (tertiary/aromatic N) is 17. The predicted octanol–water partition coefficient (Wildman–Crippen LogP) is 17.3. The molecule has 4 aliphatic heterocycles. The number of aromatic nitrogens is 8. The van der Waals surface area contributed by atoms with Crippen LogP contribution < -0.4 is 11.1 Å². The summed E-state index contributed by atoms with van der Waals surface area (Å²) in [5.41, 5.74) is 25.9. The fraction of sp³-hybridized carbons (Fsp3) is 0.379. The maximum Gasteiger partial charge on any atom is 0.303 e. The molecular formula is C103H113N19O9. The van der Waals surface area contributed by atoms with E-state index < -0.39 is 5.97 Å². The highest BCUT2D eigenvalue weighted by atomic mass is 16.4. The third-order valence-corrected chi connectivity index (χ3v) is 25.0. The number of amides is 3. The highest BCUT2D eigenvalue weighted by molar-refractivity contribution is 6.12. The normalized spacial score (nSPS) is 14.3. The second-order valence-corrected chi connectivity index (χ2v) is 34.2. The van der Waals surface area contributed by atoms with Gasteiger partial charge in [-0.25, -0.2) is 19.4 Å². The number of hydrogen-bond donors (Lipinski definition) is 3. The average Bonchev–Trinajstić information content (AvgIpc) is 1.62. The maximum atomic E-state index is 13.5. The first kappa shape index (κ1) is 94.6. The molecule has 0 aliphatic carbocycles. The molecule has 12 heterocycles. The van der Waals surface area contributed by atoms with E-state index in [0.717, 1.165) is 194 Å². The Kier molecular flexibility index (Phi) is 32.0. The van der Waals surface area contributed by atoms with E-state index in [1.165, 1.54) is 25.7 Å². The van der Waals surface area contributed by atoms with Crippen LogP contribution in [0.3, 0.4) is 0 Å². The van der Waals surface area contributed by atoms with E-state index in [0.29, 0.717) is 119 Å². The number of carboxylic acids is 1. The van der Waals surface area contributed by atoms with Crippen molar-refractivity contribution in [1.29, 1.82) is 0 Å². The number of carboxylic acid groups (broad SMARTS) is 1. The lowest BCUT2D eigenvalue weighted by Gasteiger charge is -2.25. The van der Waals surface area contributed by atoms with Gasteiger partial charge < -0.3 is 39.3 Å². The number of carbonyl (C=O) groups is 8. The second-order valence-electron chi connectivity index (χ2n) is 34.2. The Morgan fingerprint density at radius 2 is 0.649 bits per heavy atom. The van der Waals surface area contributed by atoms with E-state index in [2.05, 4.69) is 59.2 Å². The van der Waals surface area contributed by atoms with E-state index in [1.54, 1.807) is 85.3 Å². The zero-order valence-electron chi connectivity index (χ0n) is 75.9. The fourth-order valence-corrected chi connectivity index (χ4v) is 18.2. The summed E-state index contributed by atoms with van der Waals surface area (Å²) < 4.78 is 8.05. The third kappa shape index (κ3) is 22.8. The number of aryl methyl sites for hydroxylation is 2. The molecule has 3 amide bonds. The number of hydrogen-bond acceptors (Lipinski definition) is 16. The number of ketones is 4. The van der Waals surface area contributed by atoms with Gasteiger partial charge in [-0.2, -0.15) is 0 Å². The Morgan fingerprint density at radius 1 is 0.389 bits per heavy atom. The van der Waals surface area contributed by atoms with Gasteiger partial charge >= 0.3 is 5.97 Å². The molecule has 28 nitrogen and oxygen atoms in total.